The molecular formula is C67H122O5. The van der Waals surface area contributed by atoms with Gasteiger partial charge >= 0.3 is 11.9 Å². The van der Waals surface area contributed by atoms with Crippen molar-refractivity contribution in [1.82, 2.24) is 0 Å². The molecule has 5 nitrogen and oxygen atoms in total. The first-order valence-electron chi connectivity index (χ1n) is 31.8. The number of aliphatic hydroxyl groups is 1. The van der Waals surface area contributed by atoms with Gasteiger partial charge in [-0.25, -0.2) is 0 Å². The van der Waals surface area contributed by atoms with Crippen LogP contribution in [0.2, 0.25) is 0 Å². The zero-order valence-corrected chi connectivity index (χ0v) is 48.2. The predicted molar refractivity (Wildman–Crippen MR) is 316 cm³/mol. The SMILES string of the molecule is CC/C=C\C/C=C\C/C=C\C/C=C\C/C=C\CCCCCCCCCCCCCCCCCCCCCCCCCC(=O)OC(CO)COC(=O)CCCCCCCCCCCCCCCCCCCCC. The quantitative estimate of drug-likeness (QED) is 0.0373. The lowest BCUT2D eigenvalue weighted by atomic mass is 10.0. The van der Waals surface area contributed by atoms with Gasteiger partial charge in [-0.2, -0.15) is 0 Å². The monoisotopic (exact) mass is 1010 g/mol. The van der Waals surface area contributed by atoms with E-state index in [1.807, 2.05) is 0 Å². The van der Waals surface area contributed by atoms with Crippen molar-refractivity contribution < 1.29 is 24.2 Å². The fourth-order valence-electron chi connectivity index (χ4n) is 9.59. The molecule has 0 aliphatic heterocycles. The summed E-state index contributed by atoms with van der Waals surface area (Å²) in [5, 5.41) is 9.67. The summed E-state index contributed by atoms with van der Waals surface area (Å²) in [4.78, 5) is 24.6. The van der Waals surface area contributed by atoms with Crippen LogP contribution in [0.25, 0.3) is 0 Å². The van der Waals surface area contributed by atoms with E-state index in [9.17, 15) is 14.7 Å². The normalized spacial score (nSPS) is 12.5. The first kappa shape index (κ1) is 69.6. The smallest absolute Gasteiger partial charge is 0.306 e. The third-order valence-corrected chi connectivity index (χ3v) is 14.3. The molecule has 420 valence electrons. The van der Waals surface area contributed by atoms with Gasteiger partial charge in [0, 0.05) is 12.8 Å². The van der Waals surface area contributed by atoms with E-state index in [2.05, 4.69) is 74.6 Å². The molecule has 0 saturated heterocycles. The summed E-state index contributed by atoms with van der Waals surface area (Å²) in [5.74, 6) is -0.569. The number of hydrogen-bond donors (Lipinski definition) is 1. The van der Waals surface area contributed by atoms with Gasteiger partial charge in [-0.1, -0.05) is 325 Å². The zero-order valence-electron chi connectivity index (χ0n) is 48.2. The predicted octanol–water partition coefficient (Wildman–Crippen LogP) is 21.8. The first-order chi connectivity index (χ1) is 35.6. The molecular weight excluding hydrogens is 885 g/mol. The van der Waals surface area contributed by atoms with Crippen molar-refractivity contribution in [2.75, 3.05) is 13.2 Å². The molecule has 5 heteroatoms. The molecule has 0 heterocycles. The Morgan fingerprint density at radius 3 is 0.903 bits per heavy atom. The van der Waals surface area contributed by atoms with Crippen LogP contribution < -0.4 is 0 Å². The molecule has 0 aliphatic rings. The maximum atomic E-state index is 12.3. The molecule has 1 unspecified atom stereocenters. The van der Waals surface area contributed by atoms with Crippen molar-refractivity contribution in [3.63, 3.8) is 0 Å². The zero-order chi connectivity index (χ0) is 52.0. The van der Waals surface area contributed by atoms with Gasteiger partial charge in [-0.05, 0) is 57.8 Å². The number of ether oxygens (including phenoxy) is 2. The van der Waals surface area contributed by atoms with Crippen LogP contribution >= 0.6 is 0 Å². The van der Waals surface area contributed by atoms with Crippen molar-refractivity contribution in [2.45, 2.75) is 341 Å². The second-order valence-electron chi connectivity index (χ2n) is 21.5. The van der Waals surface area contributed by atoms with Crippen LogP contribution in [0.15, 0.2) is 60.8 Å². The summed E-state index contributed by atoms with van der Waals surface area (Å²) in [5.41, 5.74) is 0. The van der Waals surface area contributed by atoms with Crippen molar-refractivity contribution in [1.29, 1.82) is 0 Å². The minimum atomic E-state index is -0.769. The second kappa shape index (κ2) is 62.9. The third kappa shape index (κ3) is 60.2. The molecule has 0 radical (unpaired) electrons. The van der Waals surface area contributed by atoms with Crippen LogP contribution in [-0.4, -0.2) is 36.4 Å². The summed E-state index contributed by atoms with van der Waals surface area (Å²) in [7, 11) is 0. The van der Waals surface area contributed by atoms with Gasteiger partial charge < -0.3 is 14.6 Å². The number of rotatable bonds is 59. The highest BCUT2D eigenvalue weighted by Gasteiger charge is 2.16. The topological polar surface area (TPSA) is 72.8 Å². The number of esters is 2. The van der Waals surface area contributed by atoms with Crippen LogP contribution in [0.5, 0.6) is 0 Å². The fraction of sp³-hybridized carbons (Fsp3) is 0.821. The van der Waals surface area contributed by atoms with E-state index in [1.54, 1.807) is 0 Å². The third-order valence-electron chi connectivity index (χ3n) is 14.3. The summed E-state index contributed by atoms with van der Waals surface area (Å²) in [6.07, 6.45) is 85.2. The van der Waals surface area contributed by atoms with Crippen molar-refractivity contribution in [3.05, 3.63) is 60.8 Å². The van der Waals surface area contributed by atoms with E-state index in [1.165, 1.54) is 244 Å². The van der Waals surface area contributed by atoms with Crippen molar-refractivity contribution in [2.24, 2.45) is 0 Å². The lowest BCUT2D eigenvalue weighted by molar-refractivity contribution is -0.161. The Bertz CT molecular complexity index is 1230. The molecule has 0 aromatic heterocycles. The molecule has 0 rings (SSSR count). The molecule has 72 heavy (non-hydrogen) atoms. The summed E-state index contributed by atoms with van der Waals surface area (Å²) in [6, 6.07) is 0. The van der Waals surface area contributed by atoms with Crippen LogP contribution in [-0.2, 0) is 19.1 Å². The molecule has 0 fully saturated rings. The summed E-state index contributed by atoms with van der Waals surface area (Å²) in [6.45, 7) is 4.07. The number of hydrogen-bond acceptors (Lipinski definition) is 5. The lowest BCUT2D eigenvalue weighted by Crippen LogP contribution is -2.28. The Hall–Kier alpha value is -2.40. The van der Waals surface area contributed by atoms with E-state index in [0.717, 1.165) is 64.2 Å². The van der Waals surface area contributed by atoms with Gasteiger partial charge in [-0.15, -0.1) is 0 Å². The molecule has 0 spiro atoms. The fourth-order valence-corrected chi connectivity index (χ4v) is 9.59. The maximum absolute atomic E-state index is 12.3. The van der Waals surface area contributed by atoms with E-state index in [0.29, 0.717) is 12.8 Å². The van der Waals surface area contributed by atoms with E-state index >= 15 is 0 Å². The van der Waals surface area contributed by atoms with Crippen molar-refractivity contribution in [3.8, 4) is 0 Å². The largest absolute Gasteiger partial charge is 0.462 e. The average Bonchev–Trinajstić information content (AvgIpc) is 3.38. The molecule has 0 bridgehead atoms. The number of carbonyl (C=O) groups excluding carboxylic acids is 2. The second-order valence-corrected chi connectivity index (χ2v) is 21.5. The van der Waals surface area contributed by atoms with Gasteiger partial charge in [0.2, 0.25) is 0 Å². The van der Waals surface area contributed by atoms with Crippen LogP contribution in [0.1, 0.15) is 335 Å². The molecule has 0 amide bonds. The van der Waals surface area contributed by atoms with Gasteiger partial charge in [0.25, 0.3) is 0 Å². The first-order valence-corrected chi connectivity index (χ1v) is 31.8. The van der Waals surface area contributed by atoms with Gasteiger partial charge in [0.15, 0.2) is 6.10 Å². The average molecular weight is 1010 g/mol. The highest BCUT2D eigenvalue weighted by Crippen LogP contribution is 2.18. The number of unbranched alkanes of at least 4 members (excludes halogenated alkanes) is 41. The van der Waals surface area contributed by atoms with E-state index in [4.69, 9.17) is 9.47 Å². The van der Waals surface area contributed by atoms with Gasteiger partial charge in [-0.3, -0.25) is 9.59 Å². The van der Waals surface area contributed by atoms with Crippen LogP contribution in [0.4, 0.5) is 0 Å². The molecule has 1 atom stereocenters. The van der Waals surface area contributed by atoms with Crippen molar-refractivity contribution >= 4 is 11.9 Å². The minimum Gasteiger partial charge on any atom is -0.462 e. The summed E-state index contributed by atoms with van der Waals surface area (Å²) < 4.78 is 10.7. The van der Waals surface area contributed by atoms with E-state index < -0.39 is 6.10 Å². The van der Waals surface area contributed by atoms with Gasteiger partial charge in [0.1, 0.15) is 6.61 Å². The Morgan fingerprint density at radius 2 is 0.597 bits per heavy atom. The summed E-state index contributed by atoms with van der Waals surface area (Å²) >= 11 is 0. The Kier molecular flexibility index (Phi) is 60.8. The highest BCUT2D eigenvalue weighted by atomic mass is 16.6. The molecule has 0 saturated carbocycles. The number of aliphatic hydroxyl groups excluding tert-OH is 1. The Morgan fingerprint density at radius 1 is 0.333 bits per heavy atom. The van der Waals surface area contributed by atoms with Crippen LogP contribution in [0.3, 0.4) is 0 Å². The van der Waals surface area contributed by atoms with E-state index in [-0.39, 0.29) is 25.2 Å². The Labute approximate surface area is 449 Å². The molecule has 1 N–H and O–H groups in total. The highest BCUT2D eigenvalue weighted by molar-refractivity contribution is 5.70. The lowest BCUT2D eigenvalue weighted by Gasteiger charge is -2.15. The number of carbonyl (C=O) groups is 2. The van der Waals surface area contributed by atoms with Crippen LogP contribution in [0, 0.1) is 0 Å². The maximum Gasteiger partial charge on any atom is 0.306 e. The van der Waals surface area contributed by atoms with Gasteiger partial charge in [0.05, 0.1) is 6.61 Å². The standard InChI is InChI=1S/C67H122O5/c1-3-5-7-9-11-13-15-17-19-21-23-24-25-26-27-28-29-30-31-32-33-34-35-36-37-38-39-40-41-42-44-46-48-50-52-54-56-58-60-62-67(70)72-65(63-68)64-71-66(69)61-59-57-55-53-51-49-47-45-43-22-20-18-16-14-12-10-8-6-4-2/h5,7,11,13,17,19,23-24,26-27,65,68H,3-4,6,8-10,12,14-16,18,20-22,25,28-64H2,1-2H3/b7-5-,13-11-,19-17-,24-23-,27-26-. The molecule has 0 aromatic rings. The molecule has 0 aliphatic carbocycles. The Balaban J connectivity index is 3.40. The minimum absolute atomic E-state index is 0.0595. The molecule has 0 aromatic carbocycles. The number of allylic oxidation sites excluding steroid dienone is 10.